The van der Waals surface area contributed by atoms with Gasteiger partial charge in [0.25, 0.3) is 0 Å². The highest BCUT2D eigenvalue weighted by atomic mass is 127. The molecule has 1 aliphatic rings. The van der Waals surface area contributed by atoms with Crippen molar-refractivity contribution in [3.63, 3.8) is 0 Å². The average molecular weight is 425 g/mol. The first-order valence-corrected chi connectivity index (χ1v) is 8.37. The van der Waals surface area contributed by atoms with Crippen LogP contribution in [0.4, 0.5) is 5.69 Å². The fourth-order valence-electron chi connectivity index (χ4n) is 1.66. The second-order valence-corrected chi connectivity index (χ2v) is 7.31. The summed E-state index contributed by atoms with van der Waals surface area (Å²) in [5, 5.41) is 5.09. The van der Waals surface area contributed by atoms with Crippen LogP contribution in [0.1, 0.15) is 19.8 Å². The molecule has 0 bridgehead atoms. The van der Waals surface area contributed by atoms with E-state index in [1.807, 2.05) is 11.8 Å². The second-order valence-electron chi connectivity index (χ2n) is 3.92. The lowest BCUT2D eigenvalue weighted by Crippen LogP contribution is -2.07. The van der Waals surface area contributed by atoms with Crippen molar-refractivity contribution in [1.29, 1.82) is 0 Å². The molecular weight excluding hydrogens is 411 g/mol. The number of thioether (sulfide) groups is 1. The monoisotopic (exact) mass is 424 g/mol. The van der Waals surface area contributed by atoms with E-state index in [0.717, 1.165) is 21.9 Å². The maximum Gasteiger partial charge on any atom is 0.161 e. The minimum Gasteiger partial charge on any atom is -0.334 e. The minimum atomic E-state index is 0.658. The molecule has 92 valence electrons. The number of amidine groups is 1. The van der Waals surface area contributed by atoms with Gasteiger partial charge in [-0.3, -0.25) is 4.99 Å². The fraction of sp³-hybridized carbons (Fsp3) is 0.417. The number of halogens is 2. The van der Waals surface area contributed by atoms with Crippen molar-refractivity contribution in [3.8, 4) is 0 Å². The Labute approximate surface area is 128 Å². The zero-order valence-corrected chi connectivity index (χ0v) is 14.1. The lowest BCUT2D eigenvalue weighted by atomic mass is 10.2. The minimum absolute atomic E-state index is 0.658. The molecule has 0 saturated carbocycles. The van der Waals surface area contributed by atoms with E-state index in [0.29, 0.717) is 5.25 Å². The highest BCUT2D eigenvalue weighted by Crippen LogP contribution is 2.29. The highest BCUT2D eigenvalue weighted by Gasteiger charge is 2.19. The number of aliphatic imine (C=N–C) groups is 1. The van der Waals surface area contributed by atoms with Crippen LogP contribution in [0, 0.1) is 3.57 Å². The maximum atomic E-state index is 4.54. The molecule has 1 aliphatic heterocycles. The van der Waals surface area contributed by atoms with E-state index in [2.05, 4.69) is 74.0 Å². The first kappa shape index (κ1) is 13.7. The van der Waals surface area contributed by atoms with Gasteiger partial charge in [-0.1, -0.05) is 25.1 Å². The molecule has 2 nitrogen and oxygen atoms in total. The molecule has 2 rings (SSSR count). The van der Waals surface area contributed by atoms with E-state index in [9.17, 15) is 0 Å². The molecular formula is C12H14BrIN2S. The van der Waals surface area contributed by atoms with Crippen LogP contribution >= 0.6 is 50.3 Å². The number of benzene rings is 1. The van der Waals surface area contributed by atoms with Gasteiger partial charge in [-0.2, -0.15) is 0 Å². The van der Waals surface area contributed by atoms with Crippen LogP contribution in [-0.4, -0.2) is 17.0 Å². The molecule has 0 fully saturated rings. The summed E-state index contributed by atoms with van der Waals surface area (Å²) >= 11 is 7.74. The summed E-state index contributed by atoms with van der Waals surface area (Å²) in [6.07, 6.45) is 2.47. The van der Waals surface area contributed by atoms with Gasteiger partial charge >= 0.3 is 0 Å². The van der Waals surface area contributed by atoms with Gasteiger partial charge < -0.3 is 5.32 Å². The zero-order chi connectivity index (χ0) is 12.3. The zero-order valence-electron chi connectivity index (χ0n) is 9.54. The Kier molecular flexibility index (Phi) is 5.17. The van der Waals surface area contributed by atoms with Crippen LogP contribution in [0.5, 0.6) is 0 Å². The first-order valence-electron chi connectivity index (χ1n) is 5.62. The summed E-state index contributed by atoms with van der Waals surface area (Å²) < 4.78 is 2.32. The van der Waals surface area contributed by atoms with Gasteiger partial charge in [-0.05, 0) is 63.1 Å². The maximum absolute atomic E-state index is 4.54. The highest BCUT2D eigenvalue weighted by molar-refractivity contribution is 14.1. The Balaban J connectivity index is 1.98. The summed E-state index contributed by atoms with van der Waals surface area (Å²) in [5.74, 6) is 0. The van der Waals surface area contributed by atoms with E-state index < -0.39 is 0 Å². The van der Waals surface area contributed by atoms with E-state index in [4.69, 9.17) is 0 Å². The van der Waals surface area contributed by atoms with E-state index >= 15 is 0 Å². The molecule has 1 unspecified atom stereocenters. The van der Waals surface area contributed by atoms with Crippen LogP contribution in [-0.2, 0) is 0 Å². The number of nitrogens with one attached hydrogen (secondary N) is 1. The van der Waals surface area contributed by atoms with E-state index in [1.54, 1.807) is 0 Å². The lowest BCUT2D eigenvalue weighted by Gasteiger charge is -2.09. The van der Waals surface area contributed by atoms with Crippen molar-refractivity contribution < 1.29 is 0 Å². The molecule has 5 heteroatoms. The Morgan fingerprint density at radius 1 is 1.59 bits per heavy atom. The van der Waals surface area contributed by atoms with Crippen molar-refractivity contribution in [2.75, 3.05) is 11.9 Å². The number of hydrogen-bond donors (Lipinski definition) is 1. The number of nitrogens with zero attached hydrogens (tertiary/aromatic N) is 1. The summed E-state index contributed by atoms with van der Waals surface area (Å²) in [6, 6.07) is 6.28. The smallest absolute Gasteiger partial charge is 0.161 e. The second kappa shape index (κ2) is 6.43. The SMILES string of the molecule is CCCC1CN=C(Nc2ccc(I)cc2Br)S1. The van der Waals surface area contributed by atoms with Gasteiger partial charge in [0.15, 0.2) is 5.17 Å². The van der Waals surface area contributed by atoms with Crippen LogP contribution in [0.25, 0.3) is 0 Å². The summed E-state index contributed by atoms with van der Waals surface area (Å²) in [5.41, 5.74) is 1.09. The summed E-state index contributed by atoms with van der Waals surface area (Å²) in [6.45, 7) is 3.17. The lowest BCUT2D eigenvalue weighted by molar-refractivity contribution is 0.754. The number of hydrogen-bond acceptors (Lipinski definition) is 3. The third kappa shape index (κ3) is 3.86. The van der Waals surface area contributed by atoms with Gasteiger partial charge in [0.2, 0.25) is 0 Å². The van der Waals surface area contributed by atoms with Crippen molar-refractivity contribution >= 4 is 61.1 Å². The molecule has 1 aromatic rings. The molecule has 17 heavy (non-hydrogen) atoms. The predicted octanol–water partition coefficient (Wildman–Crippen LogP) is 4.74. The van der Waals surface area contributed by atoms with Crippen molar-refractivity contribution in [3.05, 3.63) is 26.2 Å². The van der Waals surface area contributed by atoms with Crippen LogP contribution in [0.15, 0.2) is 27.7 Å². The molecule has 0 radical (unpaired) electrons. The van der Waals surface area contributed by atoms with E-state index in [-0.39, 0.29) is 0 Å². The Bertz CT molecular complexity index is 437. The van der Waals surface area contributed by atoms with Gasteiger partial charge in [0.1, 0.15) is 0 Å². The quantitative estimate of drug-likeness (QED) is 0.708. The fourth-order valence-corrected chi connectivity index (χ4v) is 4.20. The molecule has 1 N–H and O–H groups in total. The molecule has 0 spiro atoms. The Morgan fingerprint density at radius 3 is 3.12 bits per heavy atom. The molecule has 0 aromatic heterocycles. The molecule has 1 aromatic carbocycles. The predicted molar refractivity (Wildman–Crippen MR) is 89.1 cm³/mol. The van der Waals surface area contributed by atoms with Crippen molar-refractivity contribution in [2.24, 2.45) is 4.99 Å². The van der Waals surface area contributed by atoms with Gasteiger partial charge in [0.05, 0.1) is 12.2 Å². The third-order valence-electron chi connectivity index (χ3n) is 2.50. The van der Waals surface area contributed by atoms with Crippen LogP contribution < -0.4 is 5.32 Å². The topological polar surface area (TPSA) is 24.4 Å². The number of rotatable bonds is 3. The van der Waals surface area contributed by atoms with Crippen molar-refractivity contribution in [2.45, 2.75) is 25.0 Å². The van der Waals surface area contributed by atoms with Crippen molar-refractivity contribution in [1.82, 2.24) is 0 Å². The first-order chi connectivity index (χ1) is 8.19. The van der Waals surface area contributed by atoms with Gasteiger partial charge in [-0.15, -0.1) is 0 Å². The third-order valence-corrected chi connectivity index (χ3v) is 5.00. The van der Waals surface area contributed by atoms with Crippen LogP contribution in [0.3, 0.4) is 0 Å². The van der Waals surface area contributed by atoms with Gasteiger partial charge in [0, 0.05) is 13.3 Å². The average Bonchev–Trinajstić information content (AvgIpc) is 2.71. The largest absolute Gasteiger partial charge is 0.334 e. The number of anilines is 1. The molecule has 1 heterocycles. The molecule has 0 amide bonds. The standard InChI is InChI=1S/C12H14BrIN2S/c1-2-3-9-7-15-12(17-9)16-11-5-4-8(14)6-10(11)13/h4-6,9H,2-3,7H2,1H3,(H,15,16). The Hall–Kier alpha value is 0.250. The van der Waals surface area contributed by atoms with Crippen LogP contribution in [0.2, 0.25) is 0 Å². The molecule has 0 saturated heterocycles. The summed E-state index contributed by atoms with van der Waals surface area (Å²) in [7, 11) is 0. The molecule has 0 aliphatic carbocycles. The van der Waals surface area contributed by atoms with Gasteiger partial charge in [-0.25, -0.2) is 0 Å². The Morgan fingerprint density at radius 2 is 2.41 bits per heavy atom. The van der Waals surface area contributed by atoms with E-state index in [1.165, 1.54) is 16.4 Å². The molecule has 1 atom stereocenters. The summed E-state index contributed by atoms with van der Waals surface area (Å²) in [4.78, 5) is 4.54. The normalized spacial score (nSPS) is 19.2.